The van der Waals surface area contributed by atoms with E-state index in [1.54, 1.807) is 6.08 Å². The van der Waals surface area contributed by atoms with Gasteiger partial charge in [-0.25, -0.2) is 0 Å². The van der Waals surface area contributed by atoms with Gasteiger partial charge in [-0.2, -0.15) is 5.26 Å². The molecule has 1 N–H and O–H groups in total. The van der Waals surface area contributed by atoms with Crippen LogP contribution in [0.3, 0.4) is 0 Å². The van der Waals surface area contributed by atoms with Crippen LogP contribution in [0.2, 0.25) is 0 Å². The van der Waals surface area contributed by atoms with E-state index in [1.807, 2.05) is 30.3 Å². The van der Waals surface area contributed by atoms with Crippen LogP contribution in [0.4, 0.5) is 0 Å². The van der Waals surface area contributed by atoms with E-state index in [4.69, 9.17) is 10.4 Å². The highest BCUT2D eigenvalue weighted by Crippen LogP contribution is 2.12. The fourth-order valence-corrected chi connectivity index (χ4v) is 1.05. The van der Waals surface area contributed by atoms with E-state index >= 15 is 0 Å². The van der Waals surface area contributed by atoms with Gasteiger partial charge in [-0.05, 0) is 12.0 Å². The second kappa shape index (κ2) is 5.13. The summed E-state index contributed by atoms with van der Waals surface area (Å²) in [4.78, 5) is 0. The SMILES string of the molecule is N#C/C(=C\CCO)c1ccccc1. The van der Waals surface area contributed by atoms with Gasteiger partial charge in [-0.1, -0.05) is 36.4 Å². The van der Waals surface area contributed by atoms with Crippen molar-refractivity contribution in [2.75, 3.05) is 6.61 Å². The molecule has 1 aromatic rings. The topological polar surface area (TPSA) is 44.0 Å². The van der Waals surface area contributed by atoms with Gasteiger partial charge in [0.05, 0.1) is 11.6 Å². The number of rotatable bonds is 3. The monoisotopic (exact) mass is 173 g/mol. The van der Waals surface area contributed by atoms with Gasteiger partial charge < -0.3 is 5.11 Å². The minimum absolute atomic E-state index is 0.0814. The van der Waals surface area contributed by atoms with Gasteiger partial charge in [-0.15, -0.1) is 0 Å². The first-order valence-electron chi connectivity index (χ1n) is 4.15. The number of allylic oxidation sites excluding steroid dienone is 1. The molecule has 2 nitrogen and oxygen atoms in total. The molecule has 0 heterocycles. The Kier molecular flexibility index (Phi) is 3.74. The number of hydrogen-bond acceptors (Lipinski definition) is 2. The van der Waals surface area contributed by atoms with Crippen LogP contribution in [-0.2, 0) is 0 Å². The zero-order valence-corrected chi connectivity index (χ0v) is 7.27. The van der Waals surface area contributed by atoms with Crippen molar-refractivity contribution in [1.82, 2.24) is 0 Å². The van der Waals surface area contributed by atoms with E-state index in [0.29, 0.717) is 12.0 Å². The van der Waals surface area contributed by atoms with Crippen LogP contribution in [-0.4, -0.2) is 11.7 Å². The second-order valence-corrected chi connectivity index (χ2v) is 2.61. The maximum atomic E-state index is 8.81. The van der Waals surface area contributed by atoms with E-state index in [2.05, 4.69) is 6.07 Å². The Labute approximate surface area is 77.8 Å². The largest absolute Gasteiger partial charge is 0.396 e. The Morgan fingerprint density at radius 1 is 1.38 bits per heavy atom. The molecule has 0 fully saturated rings. The Morgan fingerprint density at radius 3 is 2.62 bits per heavy atom. The van der Waals surface area contributed by atoms with Crippen LogP contribution < -0.4 is 0 Å². The average molecular weight is 173 g/mol. The number of hydrogen-bond donors (Lipinski definition) is 1. The van der Waals surface area contributed by atoms with Crippen molar-refractivity contribution in [1.29, 1.82) is 5.26 Å². The number of aliphatic hydroxyl groups is 1. The highest BCUT2D eigenvalue weighted by molar-refractivity contribution is 5.76. The van der Waals surface area contributed by atoms with Crippen LogP contribution >= 0.6 is 0 Å². The molecule has 1 rings (SSSR count). The lowest BCUT2D eigenvalue weighted by molar-refractivity contribution is 0.303. The molecule has 0 bridgehead atoms. The molecule has 13 heavy (non-hydrogen) atoms. The van der Waals surface area contributed by atoms with Crippen molar-refractivity contribution in [3.8, 4) is 6.07 Å². The van der Waals surface area contributed by atoms with Gasteiger partial charge in [0.1, 0.15) is 0 Å². The first kappa shape index (κ1) is 9.50. The van der Waals surface area contributed by atoms with Crippen molar-refractivity contribution in [3.63, 3.8) is 0 Å². The zero-order valence-electron chi connectivity index (χ0n) is 7.27. The molecule has 0 amide bonds. The third kappa shape index (κ3) is 2.73. The molecule has 0 aliphatic rings. The van der Waals surface area contributed by atoms with Crippen molar-refractivity contribution >= 4 is 5.57 Å². The summed E-state index contributed by atoms with van der Waals surface area (Å²) in [5, 5.41) is 17.4. The molecule has 66 valence electrons. The Hall–Kier alpha value is -1.59. The third-order valence-electron chi connectivity index (χ3n) is 1.68. The van der Waals surface area contributed by atoms with Crippen LogP contribution in [0.1, 0.15) is 12.0 Å². The predicted octanol–water partition coefficient (Wildman–Crippen LogP) is 1.98. The minimum atomic E-state index is 0.0814. The molecular formula is C11H11NO. The van der Waals surface area contributed by atoms with E-state index in [1.165, 1.54) is 0 Å². The van der Waals surface area contributed by atoms with Crippen molar-refractivity contribution in [2.45, 2.75) is 6.42 Å². The molecule has 0 saturated heterocycles. The van der Waals surface area contributed by atoms with Crippen molar-refractivity contribution < 1.29 is 5.11 Å². The Balaban J connectivity index is 2.87. The first-order chi connectivity index (χ1) is 6.38. The zero-order chi connectivity index (χ0) is 9.52. The van der Waals surface area contributed by atoms with E-state index in [0.717, 1.165) is 5.56 Å². The van der Waals surface area contributed by atoms with E-state index < -0.39 is 0 Å². The van der Waals surface area contributed by atoms with Crippen LogP contribution in [0.5, 0.6) is 0 Å². The van der Waals surface area contributed by atoms with Gasteiger partial charge in [0, 0.05) is 6.61 Å². The molecule has 0 aliphatic heterocycles. The smallest absolute Gasteiger partial charge is 0.0994 e. The molecule has 0 atom stereocenters. The highest BCUT2D eigenvalue weighted by Gasteiger charge is 1.97. The van der Waals surface area contributed by atoms with Gasteiger partial charge in [0.15, 0.2) is 0 Å². The summed E-state index contributed by atoms with van der Waals surface area (Å²) in [6.07, 6.45) is 2.27. The quantitative estimate of drug-likeness (QED) is 0.710. The van der Waals surface area contributed by atoms with Gasteiger partial charge in [0.25, 0.3) is 0 Å². The van der Waals surface area contributed by atoms with Gasteiger partial charge >= 0.3 is 0 Å². The fraction of sp³-hybridized carbons (Fsp3) is 0.182. The van der Waals surface area contributed by atoms with Crippen molar-refractivity contribution in [2.24, 2.45) is 0 Å². The lowest BCUT2D eigenvalue weighted by Crippen LogP contribution is -1.83. The standard InChI is InChI=1S/C11H11NO/c12-9-11(7-4-8-13)10-5-2-1-3-6-10/h1-3,5-7,13H,4,8H2/b11-7+. The summed E-state index contributed by atoms with van der Waals surface area (Å²) < 4.78 is 0. The Morgan fingerprint density at radius 2 is 2.08 bits per heavy atom. The van der Waals surface area contributed by atoms with E-state index in [-0.39, 0.29) is 6.61 Å². The number of nitriles is 1. The number of aliphatic hydroxyl groups excluding tert-OH is 1. The summed E-state index contributed by atoms with van der Waals surface area (Å²) in [6.45, 7) is 0.0814. The summed E-state index contributed by atoms with van der Waals surface area (Å²) in [6, 6.07) is 11.5. The van der Waals surface area contributed by atoms with Crippen LogP contribution in [0, 0.1) is 11.3 Å². The number of benzene rings is 1. The second-order valence-electron chi connectivity index (χ2n) is 2.61. The fourth-order valence-electron chi connectivity index (χ4n) is 1.05. The molecule has 0 aliphatic carbocycles. The lowest BCUT2D eigenvalue weighted by Gasteiger charge is -1.96. The average Bonchev–Trinajstić information content (AvgIpc) is 2.21. The molecule has 0 saturated carbocycles. The predicted molar refractivity (Wildman–Crippen MR) is 51.7 cm³/mol. The summed E-state index contributed by atoms with van der Waals surface area (Å²) in [7, 11) is 0. The Bertz CT molecular complexity index is 322. The molecular weight excluding hydrogens is 162 g/mol. The normalized spacial score (nSPS) is 10.9. The molecule has 0 spiro atoms. The molecule has 0 radical (unpaired) electrons. The molecule has 0 aromatic heterocycles. The summed E-state index contributed by atoms with van der Waals surface area (Å²) >= 11 is 0. The number of nitrogens with zero attached hydrogens (tertiary/aromatic N) is 1. The molecule has 0 unspecified atom stereocenters. The van der Waals surface area contributed by atoms with E-state index in [9.17, 15) is 0 Å². The maximum Gasteiger partial charge on any atom is 0.0994 e. The summed E-state index contributed by atoms with van der Waals surface area (Å²) in [5.41, 5.74) is 1.52. The first-order valence-corrected chi connectivity index (χ1v) is 4.15. The van der Waals surface area contributed by atoms with Gasteiger partial charge in [-0.3, -0.25) is 0 Å². The lowest BCUT2D eigenvalue weighted by atomic mass is 10.1. The van der Waals surface area contributed by atoms with Gasteiger partial charge in [0.2, 0.25) is 0 Å². The van der Waals surface area contributed by atoms with Crippen molar-refractivity contribution in [3.05, 3.63) is 42.0 Å². The molecule has 1 aromatic carbocycles. The maximum absolute atomic E-state index is 8.81. The molecule has 2 heteroatoms. The highest BCUT2D eigenvalue weighted by atomic mass is 16.2. The minimum Gasteiger partial charge on any atom is -0.396 e. The third-order valence-corrected chi connectivity index (χ3v) is 1.68. The summed E-state index contributed by atoms with van der Waals surface area (Å²) in [5.74, 6) is 0. The van der Waals surface area contributed by atoms with Crippen LogP contribution in [0.15, 0.2) is 36.4 Å². The van der Waals surface area contributed by atoms with Crippen LogP contribution in [0.25, 0.3) is 5.57 Å².